The first-order valence-corrected chi connectivity index (χ1v) is 8.18. The van der Waals surface area contributed by atoms with Gasteiger partial charge in [-0.15, -0.1) is 24.8 Å². The van der Waals surface area contributed by atoms with E-state index in [9.17, 15) is 9.90 Å². The van der Waals surface area contributed by atoms with Crippen LogP contribution >= 0.6 is 24.8 Å². The molecule has 1 aromatic heterocycles. The SMILES string of the molecule is Cl.Cl.Cn1c(CCNC(=O)[C@H]2CC[C@@H](N)[C@H](O)C2)nc2ccccc21. The van der Waals surface area contributed by atoms with Crippen molar-refractivity contribution in [3.05, 3.63) is 30.1 Å². The van der Waals surface area contributed by atoms with Crippen molar-refractivity contribution >= 4 is 41.8 Å². The minimum Gasteiger partial charge on any atom is -0.391 e. The second-order valence-corrected chi connectivity index (χ2v) is 6.36. The Morgan fingerprint density at radius 1 is 1.36 bits per heavy atom. The van der Waals surface area contributed by atoms with Gasteiger partial charge in [0.2, 0.25) is 5.91 Å². The molecule has 25 heavy (non-hydrogen) atoms. The third kappa shape index (κ3) is 4.85. The molecule has 6 nitrogen and oxygen atoms in total. The first-order valence-electron chi connectivity index (χ1n) is 8.18. The molecule has 1 heterocycles. The predicted molar refractivity (Wildman–Crippen MR) is 103 cm³/mol. The molecule has 8 heteroatoms. The standard InChI is InChI=1S/C17H24N4O2.2ClH/c1-21-14-5-3-2-4-13(14)20-16(21)8-9-19-17(23)11-6-7-12(18)15(22)10-11;;/h2-5,11-12,15,22H,6-10,18H2,1H3,(H,19,23);2*1H/t11-,12+,15+;;/m0../s1. The van der Waals surface area contributed by atoms with Gasteiger partial charge >= 0.3 is 0 Å². The zero-order chi connectivity index (χ0) is 16.4. The number of hydrogen-bond acceptors (Lipinski definition) is 4. The summed E-state index contributed by atoms with van der Waals surface area (Å²) in [5.74, 6) is 0.831. The number of aromatic nitrogens is 2. The molecule has 3 rings (SSSR count). The molecule has 3 atom stereocenters. The molecule has 1 fully saturated rings. The Balaban J connectivity index is 0.00000156. The van der Waals surface area contributed by atoms with Crippen LogP contribution in [0.3, 0.4) is 0 Å². The summed E-state index contributed by atoms with van der Waals surface area (Å²) in [5, 5.41) is 12.8. The molecule has 140 valence electrons. The smallest absolute Gasteiger partial charge is 0.223 e. The van der Waals surface area contributed by atoms with Crippen molar-refractivity contribution in [1.82, 2.24) is 14.9 Å². The Labute approximate surface area is 160 Å². The summed E-state index contributed by atoms with van der Waals surface area (Å²) >= 11 is 0. The van der Waals surface area contributed by atoms with Crippen LogP contribution in [0.2, 0.25) is 0 Å². The molecule has 0 bridgehead atoms. The molecule has 1 amide bonds. The number of carbonyl (C=O) groups is 1. The number of fused-ring (bicyclic) bond motifs is 1. The summed E-state index contributed by atoms with van der Waals surface area (Å²) in [6, 6.07) is 7.80. The average Bonchev–Trinajstić information content (AvgIpc) is 2.87. The van der Waals surface area contributed by atoms with Gasteiger partial charge in [-0.05, 0) is 31.4 Å². The van der Waals surface area contributed by atoms with E-state index in [0.717, 1.165) is 23.3 Å². The molecule has 0 saturated heterocycles. The van der Waals surface area contributed by atoms with Crippen LogP contribution in [0, 0.1) is 5.92 Å². The van der Waals surface area contributed by atoms with E-state index in [0.29, 0.717) is 25.8 Å². The largest absolute Gasteiger partial charge is 0.391 e. The maximum atomic E-state index is 12.2. The summed E-state index contributed by atoms with van der Waals surface area (Å²) in [7, 11) is 1.99. The number of rotatable bonds is 4. The number of amides is 1. The minimum absolute atomic E-state index is 0. The van der Waals surface area contributed by atoms with Gasteiger partial charge in [-0.2, -0.15) is 0 Å². The molecule has 4 N–H and O–H groups in total. The van der Waals surface area contributed by atoms with Crippen molar-refractivity contribution in [2.45, 2.75) is 37.8 Å². The van der Waals surface area contributed by atoms with Crippen LogP contribution < -0.4 is 11.1 Å². The molecule has 1 aliphatic rings. The number of benzene rings is 1. The molecule has 1 aliphatic carbocycles. The molecule has 0 spiro atoms. The highest BCUT2D eigenvalue weighted by Crippen LogP contribution is 2.23. The van der Waals surface area contributed by atoms with Crippen molar-refractivity contribution in [3.8, 4) is 0 Å². The highest BCUT2D eigenvalue weighted by Gasteiger charge is 2.30. The Bertz CT molecular complexity index is 707. The molecule has 0 radical (unpaired) electrons. The number of aliphatic hydroxyl groups excluding tert-OH is 1. The van der Waals surface area contributed by atoms with Gasteiger partial charge in [0.25, 0.3) is 0 Å². The van der Waals surface area contributed by atoms with Gasteiger partial charge in [0, 0.05) is 32.0 Å². The normalized spacial score (nSPS) is 22.8. The van der Waals surface area contributed by atoms with Crippen LogP contribution in [-0.4, -0.2) is 39.3 Å². The van der Waals surface area contributed by atoms with E-state index in [2.05, 4.69) is 14.9 Å². The van der Waals surface area contributed by atoms with Crippen molar-refractivity contribution in [3.63, 3.8) is 0 Å². The minimum atomic E-state index is -0.570. The number of aryl methyl sites for hydroxylation is 1. The monoisotopic (exact) mass is 388 g/mol. The zero-order valence-corrected chi connectivity index (χ0v) is 15.9. The Kier molecular flexibility index (Phi) is 8.15. The van der Waals surface area contributed by atoms with Crippen LogP contribution in [0.4, 0.5) is 0 Å². The first-order chi connectivity index (χ1) is 11.1. The van der Waals surface area contributed by atoms with E-state index in [1.54, 1.807) is 0 Å². The highest BCUT2D eigenvalue weighted by atomic mass is 35.5. The lowest BCUT2D eigenvalue weighted by Gasteiger charge is -2.29. The van der Waals surface area contributed by atoms with Gasteiger partial charge in [0.05, 0.1) is 17.1 Å². The summed E-state index contributed by atoms with van der Waals surface area (Å²) in [5.41, 5.74) is 7.85. The number of nitrogens with one attached hydrogen (secondary N) is 1. The molecule has 2 aromatic rings. The second-order valence-electron chi connectivity index (χ2n) is 6.36. The molecule has 1 aromatic carbocycles. The van der Waals surface area contributed by atoms with Crippen molar-refractivity contribution in [1.29, 1.82) is 0 Å². The molecular formula is C17H26Cl2N4O2. The van der Waals surface area contributed by atoms with E-state index >= 15 is 0 Å². The number of para-hydroxylation sites is 2. The lowest BCUT2D eigenvalue weighted by atomic mass is 9.84. The van der Waals surface area contributed by atoms with Crippen LogP contribution in [0.25, 0.3) is 11.0 Å². The Morgan fingerprint density at radius 3 is 2.76 bits per heavy atom. The summed E-state index contributed by atoms with van der Waals surface area (Å²) in [6.07, 6.45) is 2.02. The van der Waals surface area contributed by atoms with E-state index in [-0.39, 0.29) is 42.7 Å². The third-order valence-corrected chi connectivity index (χ3v) is 4.77. The maximum absolute atomic E-state index is 12.2. The second kappa shape index (κ2) is 9.38. The Morgan fingerprint density at radius 2 is 2.08 bits per heavy atom. The summed E-state index contributed by atoms with van der Waals surface area (Å²) in [6.45, 7) is 0.550. The maximum Gasteiger partial charge on any atom is 0.223 e. The summed E-state index contributed by atoms with van der Waals surface area (Å²) < 4.78 is 2.06. The van der Waals surface area contributed by atoms with Gasteiger partial charge in [-0.3, -0.25) is 4.79 Å². The number of carbonyl (C=O) groups excluding carboxylic acids is 1. The lowest BCUT2D eigenvalue weighted by Crippen LogP contribution is -2.44. The van der Waals surface area contributed by atoms with Crippen LogP contribution in [0.1, 0.15) is 25.1 Å². The highest BCUT2D eigenvalue weighted by molar-refractivity contribution is 5.85. The first kappa shape index (κ1) is 21.7. The average molecular weight is 389 g/mol. The van der Waals surface area contributed by atoms with Gasteiger partial charge in [-0.1, -0.05) is 12.1 Å². The van der Waals surface area contributed by atoms with Crippen molar-refractivity contribution in [2.75, 3.05) is 6.54 Å². The fraction of sp³-hybridized carbons (Fsp3) is 0.529. The number of imidazole rings is 1. The predicted octanol–water partition coefficient (Wildman–Crippen LogP) is 1.56. The fourth-order valence-electron chi connectivity index (χ4n) is 3.27. The summed E-state index contributed by atoms with van der Waals surface area (Å²) in [4.78, 5) is 16.8. The van der Waals surface area contributed by atoms with Crippen LogP contribution in [-0.2, 0) is 18.3 Å². The van der Waals surface area contributed by atoms with E-state index in [4.69, 9.17) is 5.73 Å². The number of nitrogens with two attached hydrogens (primary N) is 1. The zero-order valence-electron chi connectivity index (χ0n) is 14.2. The Hall–Kier alpha value is -1.34. The van der Waals surface area contributed by atoms with E-state index < -0.39 is 6.10 Å². The van der Waals surface area contributed by atoms with Gasteiger partial charge in [-0.25, -0.2) is 4.98 Å². The molecular weight excluding hydrogens is 363 g/mol. The molecule has 0 unspecified atom stereocenters. The lowest BCUT2D eigenvalue weighted by molar-refractivity contribution is -0.127. The van der Waals surface area contributed by atoms with Crippen LogP contribution in [0.5, 0.6) is 0 Å². The third-order valence-electron chi connectivity index (χ3n) is 4.77. The fourth-order valence-corrected chi connectivity index (χ4v) is 3.27. The number of nitrogens with zero attached hydrogens (tertiary/aromatic N) is 2. The van der Waals surface area contributed by atoms with Gasteiger partial charge in [0.1, 0.15) is 5.82 Å². The number of hydrogen-bond donors (Lipinski definition) is 3. The van der Waals surface area contributed by atoms with Crippen molar-refractivity contribution in [2.24, 2.45) is 18.7 Å². The number of aliphatic hydroxyl groups is 1. The van der Waals surface area contributed by atoms with E-state index in [1.807, 2.05) is 31.3 Å². The van der Waals surface area contributed by atoms with Crippen LogP contribution in [0.15, 0.2) is 24.3 Å². The van der Waals surface area contributed by atoms with E-state index in [1.165, 1.54) is 0 Å². The quantitative estimate of drug-likeness (QED) is 0.740. The topological polar surface area (TPSA) is 93.2 Å². The van der Waals surface area contributed by atoms with Crippen molar-refractivity contribution < 1.29 is 9.90 Å². The van der Waals surface area contributed by atoms with Gasteiger partial charge < -0.3 is 20.7 Å². The number of halogens is 2. The molecule has 0 aliphatic heterocycles. The van der Waals surface area contributed by atoms with Gasteiger partial charge in [0.15, 0.2) is 0 Å². The molecule has 1 saturated carbocycles.